The van der Waals surface area contributed by atoms with Crippen molar-refractivity contribution in [2.45, 2.75) is 0 Å². The van der Waals surface area contributed by atoms with Gasteiger partial charge in [-0.3, -0.25) is 0 Å². The molecule has 0 amide bonds. The van der Waals surface area contributed by atoms with Gasteiger partial charge in [0.2, 0.25) is 0 Å². The van der Waals surface area contributed by atoms with Crippen LogP contribution in [0.15, 0.2) is 72.8 Å². The predicted molar refractivity (Wildman–Crippen MR) is 106 cm³/mol. The molecule has 23 heavy (non-hydrogen) atoms. The van der Waals surface area contributed by atoms with Crippen LogP contribution in [0, 0.1) is 0 Å². The molecule has 3 aromatic heterocycles. The SMILES string of the molecule is c1ccc2sc(-c3ccc(-c4cc5ccccc5s4)s3)cc2c1. The topological polar surface area (TPSA) is 0 Å². The van der Waals surface area contributed by atoms with Gasteiger partial charge in [-0.15, -0.1) is 34.0 Å². The zero-order valence-corrected chi connectivity index (χ0v) is 14.6. The van der Waals surface area contributed by atoms with Gasteiger partial charge in [0, 0.05) is 28.9 Å². The van der Waals surface area contributed by atoms with Crippen LogP contribution in [0.1, 0.15) is 0 Å². The van der Waals surface area contributed by atoms with Crippen molar-refractivity contribution in [2.75, 3.05) is 0 Å². The third kappa shape index (κ3) is 2.32. The molecule has 0 fully saturated rings. The highest BCUT2D eigenvalue weighted by Crippen LogP contribution is 2.42. The Kier molecular flexibility index (Phi) is 3.11. The molecule has 0 aliphatic heterocycles. The molecule has 0 radical (unpaired) electrons. The summed E-state index contributed by atoms with van der Waals surface area (Å²) in [6.45, 7) is 0. The van der Waals surface area contributed by atoms with E-state index in [0.29, 0.717) is 0 Å². The fraction of sp³-hybridized carbons (Fsp3) is 0. The van der Waals surface area contributed by atoms with Gasteiger partial charge in [0.15, 0.2) is 0 Å². The minimum absolute atomic E-state index is 1.34. The van der Waals surface area contributed by atoms with Gasteiger partial charge in [-0.05, 0) is 47.2 Å². The largest absolute Gasteiger partial charge is 0.134 e. The van der Waals surface area contributed by atoms with Crippen molar-refractivity contribution in [3.63, 3.8) is 0 Å². The van der Waals surface area contributed by atoms with Gasteiger partial charge >= 0.3 is 0 Å². The molecule has 0 nitrogen and oxygen atoms in total. The lowest BCUT2D eigenvalue weighted by Gasteiger charge is -1.90. The summed E-state index contributed by atoms with van der Waals surface area (Å²) >= 11 is 5.65. The number of fused-ring (bicyclic) bond motifs is 2. The normalized spacial score (nSPS) is 11.5. The summed E-state index contributed by atoms with van der Waals surface area (Å²) in [5.74, 6) is 0. The molecule has 0 N–H and O–H groups in total. The number of rotatable bonds is 2. The molecule has 0 spiro atoms. The second-order valence-corrected chi connectivity index (χ2v) is 8.71. The van der Waals surface area contributed by atoms with Gasteiger partial charge in [0.05, 0.1) is 0 Å². The van der Waals surface area contributed by atoms with Crippen LogP contribution in [0.2, 0.25) is 0 Å². The summed E-state index contributed by atoms with van der Waals surface area (Å²) in [7, 11) is 0. The van der Waals surface area contributed by atoms with Crippen LogP contribution < -0.4 is 0 Å². The van der Waals surface area contributed by atoms with Crippen LogP contribution in [-0.4, -0.2) is 0 Å². The van der Waals surface area contributed by atoms with E-state index in [1.54, 1.807) is 0 Å². The first-order valence-electron chi connectivity index (χ1n) is 7.44. The molecule has 0 saturated heterocycles. The third-order valence-corrected chi connectivity index (χ3v) is 7.65. The van der Waals surface area contributed by atoms with E-state index in [4.69, 9.17) is 0 Å². The smallest absolute Gasteiger partial charge is 0.0455 e. The van der Waals surface area contributed by atoms with Gasteiger partial charge in [0.1, 0.15) is 0 Å². The van der Waals surface area contributed by atoms with Crippen LogP contribution in [0.5, 0.6) is 0 Å². The Labute approximate surface area is 146 Å². The summed E-state index contributed by atoms with van der Waals surface area (Å²) in [5, 5.41) is 2.67. The number of thiophene rings is 3. The Morgan fingerprint density at radius 2 is 0.913 bits per heavy atom. The summed E-state index contributed by atoms with van der Waals surface area (Å²) in [4.78, 5) is 5.45. The number of benzene rings is 2. The van der Waals surface area contributed by atoms with Crippen LogP contribution in [0.4, 0.5) is 0 Å². The molecule has 5 aromatic rings. The van der Waals surface area contributed by atoms with Crippen molar-refractivity contribution in [1.82, 2.24) is 0 Å². The van der Waals surface area contributed by atoms with Crippen molar-refractivity contribution in [1.29, 1.82) is 0 Å². The van der Waals surface area contributed by atoms with E-state index in [1.807, 2.05) is 34.0 Å². The molecule has 5 rings (SSSR count). The predicted octanol–water partition coefficient (Wildman–Crippen LogP) is 7.51. The summed E-state index contributed by atoms with van der Waals surface area (Å²) in [6.07, 6.45) is 0. The lowest BCUT2D eigenvalue weighted by atomic mass is 10.2. The van der Waals surface area contributed by atoms with Crippen molar-refractivity contribution in [2.24, 2.45) is 0 Å². The Morgan fingerprint density at radius 3 is 1.39 bits per heavy atom. The van der Waals surface area contributed by atoms with Gasteiger partial charge in [0.25, 0.3) is 0 Å². The van der Waals surface area contributed by atoms with Crippen molar-refractivity contribution >= 4 is 54.2 Å². The van der Waals surface area contributed by atoms with Crippen LogP contribution in [-0.2, 0) is 0 Å². The monoisotopic (exact) mass is 348 g/mol. The molecule has 0 saturated carbocycles. The van der Waals surface area contributed by atoms with E-state index in [0.717, 1.165) is 0 Å². The maximum Gasteiger partial charge on any atom is 0.0455 e. The fourth-order valence-corrected chi connectivity index (χ4v) is 6.10. The first kappa shape index (κ1) is 13.5. The highest BCUT2D eigenvalue weighted by molar-refractivity contribution is 7.29. The van der Waals surface area contributed by atoms with Crippen molar-refractivity contribution in [3.05, 3.63) is 72.8 Å². The summed E-state index contributed by atoms with van der Waals surface area (Å²) < 4.78 is 2.72. The minimum Gasteiger partial charge on any atom is -0.134 e. The number of hydrogen-bond acceptors (Lipinski definition) is 3. The first-order chi connectivity index (χ1) is 11.4. The van der Waals surface area contributed by atoms with Gasteiger partial charge in [-0.1, -0.05) is 36.4 Å². The summed E-state index contributed by atoms with van der Waals surface area (Å²) in [6, 6.07) is 26.3. The lowest BCUT2D eigenvalue weighted by molar-refractivity contribution is 1.85. The molecule has 0 aliphatic carbocycles. The highest BCUT2D eigenvalue weighted by atomic mass is 32.1. The number of hydrogen-bond donors (Lipinski definition) is 0. The quantitative estimate of drug-likeness (QED) is 0.309. The van der Waals surface area contributed by atoms with E-state index >= 15 is 0 Å². The average Bonchev–Trinajstić information content (AvgIpc) is 3.30. The molecule has 2 aromatic carbocycles. The standard InChI is InChI=1S/C20H12S3/c1-3-7-15-13(5-1)11-19(21-15)17-9-10-18(23-17)20-12-14-6-2-4-8-16(14)22-20/h1-12H. The zero-order chi connectivity index (χ0) is 15.2. The molecule has 3 heterocycles. The Hall–Kier alpha value is -1.94. The molecule has 110 valence electrons. The Balaban J connectivity index is 1.59. The molecular weight excluding hydrogens is 336 g/mol. The van der Waals surface area contributed by atoms with Crippen LogP contribution in [0.25, 0.3) is 39.7 Å². The second-order valence-electron chi connectivity index (χ2n) is 5.46. The van der Waals surface area contributed by atoms with Gasteiger partial charge in [-0.25, -0.2) is 0 Å². The van der Waals surface area contributed by atoms with E-state index in [9.17, 15) is 0 Å². The molecular formula is C20H12S3. The average molecular weight is 349 g/mol. The fourth-order valence-electron chi connectivity index (χ4n) is 2.81. The van der Waals surface area contributed by atoms with E-state index in [2.05, 4.69) is 72.8 Å². The maximum absolute atomic E-state index is 2.31. The van der Waals surface area contributed by atoms with Crippen molar-refractivity contribution in [3.8, 4) is 19.5 Å². The molecule has 0 bridgehead atoms. The van der Waals surface area contributed by atoms with Gasteiger partial charge < -0.3 is 0 Å². The third-order valence-electron chi connectivity index (χ3n) is 3.94. The van der Waals surface area contributed by atoms with E-state index in [1.165, 1.54) is 39.7 Å². The van der Waals surface area contributed by atoms with E-state index in [-0.39, 0.29) is 0 Å². The highest BCUT2D eigenvalue weighted by Gasteiger charge is 2.10. The minimum atomic E-state index is 1.34. The maximum atomic E-state index is 2.31. The van der Waals surface area contributed by atoms with Crippen LogP contribution in [0.3, 0.4) is 0 Å². The molecule has 0 unspecified atom stereocenters. The first-order valence-corrected chi connectivity index (χ1v) is 9.89. The Bertz CT molecular complexity index is 969. The van der Waals surface area contributed by atoms with E-state index < -0.39 is 0 Å². The summed E-state index contributed by atoms with van der Waals surface area (Å²) in [5.41, 5.74) is 0. The molecule has 0 atom stereocenters. The molecule has 3 heteroatoms. The lowest BCUT2D eigenvalue weighted by Crippen LogP contribution is -1.59. The van der Waals surface area contributed by atoms with Crippen molar-refractivity contribution < 1.29 is 0 Å². The zero-order valence-electron chi connectivity index (χ0n) is 12.2. The molecule has 0 aliphatic rings. The Morgan fingerprint density at radius 1 is 0.435 bits per heavy atom. The second kappa shape index (κ2) is 5.31. The van der Waals surface area contributed by atoms with Gasteiger partial charge in [-0.2, -0.15) is 0 Å². The van der Waals surface area contributed by atoms with Crippen LogP contribution >= 0.6 is 34.0 Å².